The molecule has 0 amide bonds. The number of fused-ring (bicyclic) bond motifs is 11. The molecule has 4 heteroatoms. The first-order chi connectivity index (χ1) is 33.0. The van der Waals surface area contributed by atoms with Crippen LogP contribution in [0.5, 0.6) is 0 Å². The SMILES string of the molecule is C=C/C(=C\C=C/C)P(=O)(c1ccccc1)c1ccc2c(c1)C(c1ccccc1)(c1ccccc1)c1cc(-c3ccc(-c4ccc5c6ccccc6c6nc7ccccc7n6c5c4)cc3)ccc1-2. The third-order valence-electron chi connectivity index (χ3n) is 13.9. The van der Waals surface area contributed by atoms with Gasteiger partial charge in [0.25, 0.3) is 0 Å². The van der Waals surface area contributed by atoms with E-state index in [-0.39, 0.29) is 0 Å². The van der Waals surface area contributed by atoms with Gasteiger partial charge in [0.15, 0.2) is 7.14 Å². The maximum absolute atomic E-state index is 16.0. The van der Waals surface area contributed by atoms with Crippen molar-refractivity contribution < 1.29 is 4.57 Å². The molecule has 1 unspecified atom stereocenters. The van der Waals surface area contributed by atoms with Crippen molar-refractivity contribution in [2.75, 3.05) is 0 Å². The normalized spacial score (nSPS) is 14.1. The van der Waals surface area contributed by atoms with Crippen LogP contribution in [0.25, 0.3) is 71.7 Å². The quantitative estimate of drug-likeness (QED) is 0.0822. The van der Waals surface area contributed by atoms with Gasteiger partial charge in [-0.05, 0) is 98.3 Å². The van der Waals surface area contributed by atoms with Gasteiger partial charge in [0.1, 0.15) is 5.65 Å². The zero-order valence-corrected chi connectivity index (χ0v) is 37.9. The van der Waals surface area contributed by atoms with Crippen molar-refractivity contribution in [2.45, 2.75) is 12.3 Å². The molecule has 67 heavy (non-hydrogen) atoms. The number of hydrogen-bond donors (Lipinski definition) is 0. The smallest absolute Gasteiger partial charge is 0.171 e. The molecule has 12 rings (SSSR count). The molecule has 2 heterocycles. The molecular formula is C63H45N2OP. The van der Waals surface area contributed by atoms with Crippen molar-refractivity contribution in [3.05, 3.63) is 277 Å². The summed E-state index contributed by atoms with van der Waals surface area (Å²) in [6.07, 6.45) is 7.62. The molecule has 0 saturated carbocycles. The van der Waals surface area contributed by atoms with E-state index >= 15 is 4.57 Å². The minimum absolute atomic E-state index is 0.698. The highest BCUT2D eigenvalue weighted by atomic mass is 31.2. The molecule has 1 aliphatic rings. The second-order valence-electron chi connectivity index (χ2n) is 17.4. The average molecular weight is 877 g/mol. The van der Waals surface area contributed by atoms with Crippen LogP contribution in [0, 0.1) is 0 Å². The minimum Gasteiger partial charge on any atom is -0.309 e. The first-order valence-corrected chi connectivity index (χ1v) is 24.6. The van der Waals surface area contributed by atoms with Crippen LogP contribution in [-0.4, -0.2) is 9.38 Å². The Morgan fingerprint density at radius 3 is 1.75 bits per heavy atom. The van der Waals surface area contributed by atoms with Gasteiger partial charge in [0.2, 0.25) is 0 Å². The number of allylic oxidation sites excluding steroid dienone is 5. The van der Waals surface area contributed by atoms with Crippen molar-refractivity contribution in [3.63, 3.8) is 0 Å². The summed E-state index contributed by atoms with van der Waals surface area (Å²) in [5.41, 5.74) is 15.0. The topological polar surface area (TPSA) is 34.4 Å². The van der Waals surface area contributed by atoms with E-state index in [0.29, 0.717) is 5.31 Å². The van der Waals surface area contributed by atoms with E-state index in [0.717, 1.165) is 82.7 Å². The molecule has 3 nitrogen and oxygen atoms in total. The van der Waals surface area contributed by atoms with Crippen molar-refractivity contribution in [3.8, 4) is 33.4 Å². The van der Waals surface area contributed by atoms with Crippen LogP contribution >= 0.6 is 7.14 Å². The van der Waals surface area contributed by atoms with Gasteiger partial charge in [0, 0.05) is 26.7 Å². The molecule has 11 aromatic rings. The summed E-state index contributed by atoms with van der Waals surface area (Å²) in [5.74, 6) is 0. The zero-order valence-electron chi connectivity index (χ0n) is 37.1. The number of hydrogen-bond acceptors (Lipinski definition) is 2. The van der Waals surface area contributed by atoms with Crippen molar-refractivity contribution in [1.82, 2.24) is 9.38 Å². The van der Waals surface area contributed by atoms with E-state index in [1.807, 2.05) is 55.5 Å². The van der Waals surface area contributed by atoms with E-state index in [2.05, 4.69) is 199 Å². The van der Waals surface area contributed by atoms with Gasteiger partial charge >= 0.3 is 0 Å². The summed E-state index contributed by atoms with van der Waals surface area (Å²) in [4.78, 5) is 5.12. The first-order valence-electron chi connectivity index (χ1n) is 22.9. The van der Waals surface area contributed by atoms with E-state index < -0.39 is 12.6 Å². The van der Waals surface area contributed by atoms with Gasteiger partial charge in [-0.15, -0.1) is 0 Å². The van der Waals surface area contributed by atoms with E-state index in [4.69, 9.17) is 4.98 Å². The predicted octanol–water partition coefficient (Wildman–Crippen LogP) is 15.5. The lowest BCUT2D eigenvalue weighted by Gasteiger charge is -2.34. The fourth-order valence-corrected chi connectivity index (χ4v) is 13.4. The van der Waals surface area contributed by atoms with Gasteiger partial charge in [-0.1, -0.05) is 219 Å². The summed E-state index contributed by atoms with van der Waals surface area (Å²) in [6, 6.07) is 77.8. The molecule has 1 aliphatic carbocycles. The number of aromatic nitrogens is 2. The molecule has 0 radical (unpaired) electrons. The van der Waals surface area contributed by atoms with Crippen molar-refractivity contribution >= 4 is 56.1 Å². The Kier molecular flexibility index (Phi) is 9.71. The van der Waals surface area contributed by atoms with Gasteiger partial charge < -0.3 is 4.57 Å². The lowest BCUT2D eigenvalue weighted by molar-refractivity contribution is 0.591. The predicted molar refractivity (Wildman–Crippen MR) is 282 cm³/mol. The Morgan fingerprint density at radius 2 is 1.07 bits per heavy atom. The molecule has 0 fully saturated rings. The number of pyridine rings is 1. The van der Waals surface area contributed by atoms with Crippen molar-refractivity contribution in [1.29, 1.82) is 0 Å². The van der Waals surface area contributed by atoms with Crippen LogP contribution in [0.3, 0.4) is 0 Å². The Labute approximate surface area is 390 Å². The third kappa shape index (κ3) is 6.19. The van der Waals surface area contributed by atoms with Gasteiger partial charge in [-0.25, -0.2) is 4.98 Å². The highest BCUT2D eigenvalue weighted by Crippen LogP contribution is 2.59. The van der Waals surface area contributed by atoms with E-state index in [1.54, 1.807) is 6.08 Å². The summed E-state index contributed by atoms with van der Waals surface area (Å²) in [6.45, 7) is 6.16. The monoisotopic (exact) mass is 876 g/mol. The first kappa shape index (κ1) is 40.4. The van der Waals surface area contributed by atoms with Crippen LogP contribution < -0.4 is 10.6 Å². The second-order valence-corrected chi connectivity index (χ2v) is 20.1. The van der Waals surface area contributed by atoms with Gasteiger partial charge in [-0.3, -0.25) is 4.40 Å². The summed E-state index contributed by atoms with van der Waals surface area (Å²) in [5, 5.41) is 5.80. The molecule has 0 N–H and O–H groups in total. The van der Waals surface area contributed by atoms with E-state index in [9.17, 15) is 0 Å². The van der Waals surface area contributed by atoms with Crippen LogP contribution in [0.1, 0.15) is 29.2 Å². The molecule has 0 aliphatic heterocycles. The Balaban J connectivity index is 1.02. The number of benzene rings is 9. The standard InChI is InChI=1S/C63H45N2OP/c1-3-5-23-49(4-2)67(66,50-24-13-8-14-25-50)51-36-39-54-53-37-34-45(40-57(53)63(58(54)42-51,47-19-9-6-10-20-47)48-21-11-7-12-22-48)43-30-32-44(33-31-43)46-35-38-55-52-26-15-16-27-56(52)62-64-59-28-17-18-29-60(59)65(62)61(55)41-46/h3-42H,2H2,1H3/b5-3-,49-23+. The fraction of sp³-hybridized carbons (Fsp3) is 0.0317. The molecule has 318 valence electrons. The molecule has 0 spiro atoms. The molecule has 2 aromatic heterocycles. The third-order valence-corrected chi connectivity index (χ3v) is 16.9. The molecule has 0 saturated heterocycles. The number of rotatable bonds is 9. The van der Waals surface area contributed by atoms with Crippen LogP contribution in [0.4, 0.5) is 0 Å². The van der Waals surface area contributed by atoms with Crippen molar-refractivity contribution in [2.24, 2.45) is 0 Å². The largest absolute Gasteiger partial charge is 0.309 e. The van der Waals surface area contributed by atoms with Crippen LogP contribution in [0.15, 0.2) is 255 Å². The Bertz CT molecular complexity index is 3810. The summed E-state index contributed by atoms with van der Waals surface area (Å²) < 4.78 is 18.3. The lowest BCUT2D eigenvalue weighted by Crippen LogP contribution is -2.30. The highest BCUT2D eigenvalue weighted by molar-refractivity contribution is 7.82. The molecule has 1 atom stereocenters. The maximum atomic E-state index is 16.0. The van der Waals surface area contributed by atoms with Crippen LogP contribution in [-0.2, 0) is 9.98 Å². The molecular weight excluding hydrogens is 832 g/mol. The van der Waals surface area contributed by atoms with Crippen LogP contribution in [0.2, 0.25) is 0 Å². The maximum Gasteiger partial charge on any atom is 0.171 e. The Morgan fingerprint density at radius 1 is 0.522 bits per heavy atom. The molecule has 0 bridgehead atoms. The molecule has 9 aromatic carbocycles. The number of imidazole rings is 1. The number of nitrogens with zero attached hydrogens (tertiary/aromatic N) is 2. The summed E-state index contributed by atoms with van der Waals surface area (Å²) >= 11 is 0. The highest BCUT2D eigenvalue weighted by Gasteiger charge is 2.47. The minimum atomic E-state index is -3.38. The summed E-state index contributed by atoms with van der Waals surface area (Å²) in [7, 11) is -3.38. The zero-order chi connectivity index (χ0) is 45.1. The second kappa shape index (κ2) is 16.1. The number of para-hydroxylation sites is 2. The fourth-order valence-electron chi connectivity index (χ4n) is 10.8. The van der Waals surface area contributed by atoms with Gasteiger partial charge in [0.05, 0.1) is 22.0 Å². The Hall–Kier alpha value is -8.10. The lowest BCUT2D eigenvalue weighted by atomic mass is 9.67. The average Bonchev–Trinajstić information content (AvgIpc) is 3.94. The van der Waals surface area contributed by atoms with E-state index in [1.165, 1.54) is 21.9 Å². The van der Waals surface area contributed by atoms with Gasteiger partial charge in [-0.2, -0.15) is 0 Å².